The Morgan fingerprint density at radius 2 is 2.46 bits per heavy atom. The van der Waals surface area contributed by atoms with Gasteiger partial charge in [-0.2, -0.15) is 4.39 Å². The molecule has 0 radical (unpaired) electrons. The molecule has 2 N–H and O–H groups in total. The van der Waals surface area contributed by atoms with Crippen LogP contribution in [-0.2, 0) is 0 Å². The maximum atomic E-state index is 13.2. The Balaban J connectivity index is 3.04. The van der Waals surface area contributed by atoms with E-state index in [1.165, 1.54) is 6.20 Å². The molecular weight excluding hydrogens is 282 g/mol. The molecule has 1 heterocycles. The van der Waals surface area contributed by atoms with Crippen molar-refractivity contribution < 1.29 is 4.39 Å². The third-order valence-corrected chi connectivity index (χ3v) is 2.62. The zero-order valence-electron chi connectivity index (χ0n) is 7.00. The van der Waals surface area contributed by atoms with Crippen molar-refractivity contribution in [2.24, 2.45) is 5.73 Å². The number of hydrogen-bond acceptors (Lipinski definition) is 2. The Labute approximate surface area is 90.2 Å². The molecule has 0 bridgehead atoms. The van der Waals surface area contributed by atoms with Gasteiger partial charge in [-0.15, -0.1) is 6.58 Å². The Morgan fingerprint density at radius 3 is 3.00 bits per heavy atom. The molecule has 0 spiro atoms. The van der Waals surface area contributed by atoms with E-state index in [4.69, 9.17) is 5.73 Å². The molecule has 1 aromatic rings. The topological polar surface area (TPSA) is 38.9 Å². The summed E-state index contributed by atoms with van der Waals surface area (Å²) in [6.07, 6.45) is 3.66. The molecule has 0 amide bonds. The quantitative estimate of drug-likeness (QED) is 0.528. The lowest BCUT2D eigenvalue weighted by Gasteiger charge is -2.11. The molecule has 1 atom stereocenters. The van der Waals surface area contributed by atoms with Crippen LogP contribution in [0.3, 0.4) is 0 Å². The third-order valence-electron chi connectivity index (χ3n) is 1.68. The van der Waals surface area contributed by atoms with Crippen LogP contribution in [0.15, 0.2) is 24.9 Å². The van der Waals surface area contributed by atoms with Crippen molar-refractivity contribution in [2.75, 3.05) is 0 Å². The average Bonchev–Trinajstić information content (AvgIpc) is 2.04. The molecule has 0 unspecified atom stereocenters. The summed E-state index contributed by atoms with van der Waals surface area (Å²) >= 11 is 2.05. The minimum Gasteiger partial charge on any atom is -0.324 e. The van der Waals surface area contributed by atoms with Gasteiger partial charge in [-0.3, -0.25) is 0 Å². The highest BCUT2D eigenvalue weighted by Crippen LogP contribution is 2.22. The first-order chi connectivity index (χ1) is 6.16. The normalized spacial score (nSPS) is 12.5. The lowest BCUT2D eigenvalue weighted by molar-refractivity contribution is 0.543. The second-order valence-electron chi connectivity index (χ2n) is 2.63. The van der Waals surface area contributed by atoms with Crippen molar-refractivity contribution in [3.8, 4) is 0 Å². The van der Waals surface area contributed by atoms with E-state index in [0.717, 1.165) is 3.57 Å². The number of aromatic nitrogens is 1. The second kappa shape index (κ2) is 4.66. The summed E-state index contributed by atoms with van der Waals surface area (Å²) in [4.78, 5) is 3.56. The summed E-state index contributed by atoms with van der Waals surface area (Å²) in [5.74, 6) is -0.485. The predicted molar refractivity (Wildman–Crippen MR) is 58.7 cm³/mol. The highest BCUT2D eigenvalue weighted by Gasteiger charge is 2.14. The SMILES string of the molecule is C=CC[C@H](N)c1c(I)ccnc1F. The van der Waals surface area contributed by atoms with Gasteiger partial charge in [0.25, 0.3) is 0 Å². The van der Waals surface area contributed by atoms with Crippen LogP contribution in [-0.4, -0.2) is 4.98 Å². The Morgan fingerprint density at radius 1 is 1.77 bits per heavy atom. The number of halogens is 2. The standard InChI is InChI=1S/C9H10FIN2/c1-2-3-7(12)8-6(11)4-5-13-9(8)10/h2,4-5,7H,1,3,12H2/t7-/m0/s1. The largest absolute Gasteiger partial charge is 0.324 e. The van der Waals surface area contributed by atoms with Gasteiger partial charge < -0.3 is 5.73 Å². The van der Waals surface area contributed by atoms with Gasteiger partial charge >= 0.3 is 0 Å². The van der Waals surface area contributed by atoms with Crippen LogP contribution in [0.25, 0.3) is 0 Å². The maximum Gasteiger partial charge on any atom is 0.218 e. The number of nitrogens with two attached hydrogens (primary N) is 1. The second-order valence-corrected chi connectivity index (χ2v) is 3.79. The molecule has 2 nitrogen and oxygen atoms in total. The van der Waals surface area contributed by atoms with E-state index < -0.39 is 5.95 Å². The highest BCUT2D eigenvalue weighted by atomic mass is 127. The van der Waals surface area contributed by atoms with Gasteiger partial charge in [0, 0.05) is 21.4 Å². The Hall–Kier alpha value is -0.490. The lowest BCUT2D eigenvalue weighted by atomic mass is 10.1. The smallest absolute Gasteiger partial charge is 0.218 e. The van der Waals surface area contributed by atoms with E-state index in [2.05, 4.69) is 11.6 Å². The fourth-order valence-corrected chi connectivity index (χ4v) is 1.84. The van der Waals surface area contributed by atoms with Crippen molar-refractivity contribution in [1.29, 1.82) is 0 Å². The van der Waals surface area contributed by atoms with E-state index in [0.29, 0.717) is 12.0 Å². The number of pyridine rings is 1. The molecule has 0 saturated carbocycles. The summed E-state index contributed by atoms with van der Waals surface area (Å²) < 4.78 is 14.0. The predicted octanol–water partition coefficient (Wildman–Crippen LogP) is 2.40. The van der Waals surface area contributed by atoms with Crippen molar-refractivity contribution in [3.05, 3.63) is 40.0 Å². The zero-order chi connectivity index (χ0) is 9.84. The first-order valence-corrected chi connectivity index (χ1v) is 4.91. The Kier molecular flexibility index (Phi) is 3.80. The molecule has 0 aromatic carbocycles. The summed E-state index contributed by atoms with van der Waals surface area (Å²) in [5, 5.41) is 0. The van der Waals surface area contributed by atoms with Crippen molar-refractivity contribution in [1.82, 2.24) is 4.98 Å². The van der Waals surface area contributed by atoms with Gasteiger partial charge in [-0.05, 0) is 35.1 Å². The molecule has 0 aliphatic carbocycles. The molecule has 1 aromatic heterocycles. The summed E-state index contributed by atoms with van der Waals surface area (Å²) in [6, 6.07) is 1.39. The van der Waals surface area contributed by atoms with Gasteiger partial charge in [0.05, 0.1) is 0 Å². The molecule has 0 fully saturated rings. The van der Waals surface area contributed by atoms with E-state index in [9.17, 15) is 4.39 Å². The van der Waals surface area contributed by atoms with Gasteiger partial charge in [-0.1, -0.05) is 6.08 Å². The third kappa shape index (κ3) is 2.47. The van der Waals surface area contributed by atoms with Gasteiger partial charge in [0.2, 0.25) is 5.95 Å². The molecule has 0 aliphatic heterocycles. The first kappa shape index (κ1) is 10.6. The fourth-order valence-electron chi connectivity index (χ4n) is 1.05. The van der Waals surface area contributed by atoms with Crippen LogP contribution in [0.5, 0.6) is 0 Å². The summed E-state index contributed by atoms with van der Waals surface area (Å²) in [7, 11) is 0. The van der Waals surface area contributed by atoms with Crippen LogP contribution < -0.4 is 5.73 Å². The number of nitrogens with zero attached hydrogens (tertiary/aromatic N) is 1. The van der Waals surface area contributed by atoms with E-state index in [-0.39, 0.29) is 6.04 Å². The van der Waals surface area contributed by atoms with Crippen molar-refractivity contribution in [2.45, 2.75) is 12.5 Å². The van der Waals surface area contributed by atoms with Crippen molar-refractivity contribution >= 4 is 22.6 Å². The monoisotopic (exact) mass is 292 g/mol. The van der Waals surface area contributed by atoms with Gasteiger partial charge in [0.1, 0.15) is 0 Å². The van der Waals surface area contributed by atoms with Gasteiger partial charge in [-0.25, -0.2) is 4.98 Å². The molecule has 4 heteroatoms. The first-order valence-electron chi connectivity index (χ1n) is 3.83. The molecule has 1 rings (SSSR count). The highest BCUT2D eigenvalue weighted by molar-refractivity contribution is 14.1. The average molecular weight is 292 g/mol. The summed E-state index contributed by atoms with van der Waals surface area (Å²) in [5.41, 5.74) is 6.23. The molecule has 13 heavy (non-hydrogen) atoms. The summed E-state index contributed by atoms with van der Waals surface area (Å²) in [6.45, 7) is 3.56. The molecule has 70 valence electrons. The molecule has 0 aliphatic rings. The van der Waals surface area contributed by atoms with E-state index in [1.54, 1.807) is 12.1 Å². The van der Waals surface area contributed by atoms with E-state index >= 15 is 0 Å². The minimum absolute atomic E-state index is 0.349. The number of hydrogen-bond donors (Lipinski definition) is 1. The van der Waals surface area contributed by atoms with Crippen LogP contribution in [0.1, 0.15) is 18.0 Å². The molecule has 0 saturated heterocycles. The van der Waals surface area contributed by atoms with Crippen LogP contribution in [0.4, 0.5) is 4.39 Å². The van der Waals surface area contributed by atoms with Crippen LogP contribution in [0, 0.1) is 9.52 Å². The van der Waals surface area contributed by atoms with Crippen LogP contribution in [0.2, 0.25) is 0 Å². The van der Waals surface area contributed by atoms with Gasteiger partial charge in [0.15, 0.2) is 0 Å². The minimum atomic E-state index is -0.485. The Bertz CT molecular complexity index is 294. The van der Waals surface area contributed by atoms with E-state index in [1.807, 2.05) is 22.6 Å². The fraction of sp³-hybridized carbons (Fsp3) is 0.222. The maximum absolute atomic E-state index is 13.2. The number of rotatable bonds is 3. The molecular formula is C9H10FIN2. The van der Waals surface area contributed by atoms with Crippen LogP contribution >= 0.6 is 22.6 Å². The lowest BCUT2D eigenvalue weighted by Crippen LogP contribution is -2.13. The zero-order valence-corrected chi connectivity index (χ0v) is 9.16. The van der Waals surface area contributed by atoms with Crippen molar-refractivity contribution in [3.63, 3.8) is 0 Å².